The molecular weight excluding hydrogens is 238 g/mol. The molecule has 0 saturated carbocycles. The highest BCUT2D eigenvalue weighted by atomic mass is 32.1. The van der Waals surface area contributed by atoms with Gasteiger partial charge in [0.2, 0.25) is 5.91 Å². The van der Waals surface area contributed by atoms with E-state index in [1.54, 1.807) is 5.38 Å². The van der Waals surface area contributed by atoms with Gasteiger partial charge in [-0.1, -0.05) is 18.3 Å². The lowest BCUT2D eigenvalue weighted by Crippen LogP contribution is -2.50. The lowest BCUT2D eigenvalue weighted by atomic mass is 10.0. The van der Waals surface area contributed by atoms with Crippen molar-refractivity contribution in [2.45, 2.75) is 32.4 Å². The van der Waals surface area contributed by atoms with Crippen molar-refractivity contribution in [2.24, 2.45) is 0 Å². The molecule has 0 spiro atoms. The van der Waals surface area contributed by atoms with Crippen molar-refractivity contribution >= 4 is 17.2 Å². The zero-order valence-electron chi connectivity index (χ0n) is 9.86. The highest BCUT2D eigenvalue weighted by Crippen LogP contribution is 2.14. The number of carbonyl (C=O) groups excluding carboxylic acids is 1. The molecule has 1 aliphatic heterocycles. The van der Waals surface area contributed by atoms with Crippen molar-refractivity contribution in [3.63, 3.8) is 0 Å². The maximum Gasteiger partial charge on any atom is 0.304 e. The van der Waals surface area contributed by atoms with Crippen molar-refractivity contribution in [3.05, 3.63) is 20.7 Å². The molecule has 2 N–H and O–H groups in total. The van der Waals surface area contributed by atoms with Crippen LogP contribution >= 0.6 is 11.3 Å². The van der Waals surface area contributed by atoms with Crippen LogP contribution in [0.15, 0.2) is 10.2 Å². The molecule has 1 unspecified atom stereocenters. The minimum absolute atomic E-state index is 0.0564. The van der Waals surface area contributed by atoms with E-state index in [9.17, 15) is 9.59 Å². The van der Waals surface area contributed by atoms with Gasteiger partial charge in [0.25, 0.3) is 0 Å². The van der Waals surface area contributed by atoms with Crippen LogP contribution in [0.1, 0.15) is 25.5 Å². The van der Waals surface area contributed by atoms with Crippen LogP contribution < -0.4 is 10.2 Å². The number of carbonyl (C=O) groups is 1. The molecule has 1 aliphatic rings. The summed E-state index contributed by atoms with van der Waals surface area (Å²) in [5.74, 6) is 0.144. The number of hydrogen-bond donors (Lipinski definition) is 2. The van der Waals surface area contributed by atoms with Gasteiger partial charge in [0, 0.05) is 17.6 Å². The minimum atomic E-state index is -0.0623. The Hall–Kier alpha value is -1.14. The van der Waals surface area contributed by atoms with Crippen molar-refractivity contribution in [2.75, 3.05) is 13.1 Å². The second-order valence-corrected chi connectivity index (χ2v) is 5.03. The van der Waals surface area contributed by atoms with Gasteiger partial charge in [-0.2, -0.15) is 0 Å². The quantitative estimate of drug-likeness (QED) is 0.825. The van der Waals surface area contributed by atoms with Crippen LogP contribution in [0.2, 0.25) is 0 Å². The van der Waals surface area contributed by atoms with E-state index in [1.165, 1.54) is 0 Å². The molecule has 2 heterocycles. The summed E-state index contributed by atoms with van der Waals surface area (Å²) in [5.41, 5.74) is 0.825. The number of nitrogens with zero attached hydrogens (tertiary/aromatic N) is 1. The number of hydrogen-bond acceptors (Lipinski definition) is 4. The van der Waals surface area contributed by atoms with Gasteiger partial charge < -0.3 is 15.2 Å². The highest BCUT2D eigenvalue weighted by Gasteiger charge is 2.27. The van der Waals surface area contributed by atoms with Crippen LogP contribution in [-0.4, -0.2) is 34.9 Å². The van der Waals surface area contributed by atoms with E-state index in [1.807, 2.05) is 11.8 Å². The molecule has 1 saturated heterocycles. The molecule has 94 valence electrons. The molecule has 2 rings (SSSR count). The Labute approximate surface area is 104 Å². The van der Waals surface area contributed by atoms with Gasteiger partial charge in [-0.3, -0.25) is 9.59 Å². The second kappa shape index (κ2) is 5.46. The maximum atomic E-state index is 12.1. The van der Waals surface area contributed by atoms with E-state index in [4.69, 9.17) is 0 Å². The Morgan fingerprint density at radius 1 is 1.59 bits per heavy atom. The first kappa shape index (κ1) is 12.3. The second-order valence-electron chi connectivity index (χ2n) is 4.19. The first-order valence-electron chi connectivity index (χ1n) is 5.89. The van der Waals surface area contributed by atoms with E-state index in [2.05, 4.69) is 10.3 Å². The number of likely N-dealkylation sites (N-methyl/N-ethyl adjacent to an activating group) is 1. The van der Waals surface area contributed by atoms with Gasteiger partial charge in [-0.25, -0.2) is 0 Å². The standard InChI is InChI=1S/C11H17N3O2S/c1-2-12-9-4-3-5-14(10(9)15)6-8-7-17-11(16)13-8/h7,9,12H,2-6H2,1H3,(H,13,16). The molecule has 5 nitrogen and oxygen atoms in total. The van der Waals surface area contributed by atoms with Crippen molar-refractivity contribution < 1.29 is 4.79 Å². The molecule has 1 atom stereocenters. The Kier molecular flexibility index (Phi) is 3.96. The van der Waals surface area contributed by atoms with Crippen molar-refractivity contribution in [1.82, 2.24) is 15.2 Å². The summed E-state index contributed by atoms with van der Waals surface area (Å²) in [6, 6.07) is -0.0564. The van der Waals surface area contributed by atoms with E-state index in [0.29, 0.717) is 6.54 Å². The fourth-order valence-corrected chi connectivity index (χ4v) is 2.70. The Bertz CT molecular complexity index is 438. The summed E-state index contributed by atoms with van der Waals surface area (Å²) in [6.45, 7) is 4.10. The van der Waals surface area contributed by atoms with Gasteiger partial charge in [0.05, 0.1) is 12.6 Å². The number of aromatic nitrogens is 1. The normalized spacial score (nSPS) is 20.9. The fourth-order valence-electron chi connectivity index (χ4n) is 2.13. The molecule has 0 aliphatic carbocycles. The summed E-state index contributed by atoms with van der Waals surface area (Å²) in [4.78, 5) is 27.6. The van der Waals surface area contributed by atoms with Crippen LogP contribution in [0.25, 0.3) is 0 Å². The molecule has 1 aromatic heterocycles. The highest BCUT2D eigenvalue weighted by molar-refractivity contribution is 7.07. The largest absolute Gasteiger partial charge is 0.335 e. The zero-order valence-corrected chi connectivity index (χ0v) is 10.7. The molecule has 1 fully saturated rings. The van der Waals surface area contributed by atoms with Crippen LogP contribution in [0.5, 0.6) is 0 Å². The van der Waals surface area contributed by atoms with Gasteiger partial charge >= 0.3 is 4.87 Å². The lowest BCUT2D eigenvalue weighted by Gasteiger charge is -2.32. The number of nitrogens with one attached hydrogen (secondary N) is 2. The number of amides is 1. The SMILES string of the molecule is CCNC1CCCN(Cc2csc(=O)[nH]2)C1=O. The predicted molar refractivity (Wildman–Crippen MR) is 67.1 cm³/mol. The van der Waals surface area contributed by atoms with Crippen LogP contribution in [-0.2, 0) is 11.3 Å². The van der Waals surface area contributed by atoms with Gasteiger partial charge in [-0.05, 0) is 19.4 Å². The molecule has 1 amide bonds. The molecule has 0 radical (unpaired) electrons. The molecule has 0 bridgehead atoms. The number of likely N-dealkylation sites (tertiary alicyclic amines) is 1. The van der Waals surface area contributed by atoms with Gasteiger partial charge in [-0.15, -0.1) is 0 Å². The average Bonchev–Trinajstić information content (AvgIpc) is 2.70. The summed E-state index contributed by atoms with van der Waals surface area (Å²) in [5, 5.41) is 4.98. The van der Waals surface area contributed by atoms with Crippen LogP contribution in [0.4, 0.5) is 0 Å². The summed E-state index contributed by atoms with van der Waals surface area (Å²) < 4.78 is 0. The molecule has 1 aromatic rings. The van der Waals surface area contributed by atoms with Crippen molar-refractivity contribution in [3.8, 4) is 0 Å². The zero-order chi connectivity index (χ0) is 12.3. The lowest BCUT2D eigenvalue weighted by molar-refractivity contribution is -0.136. The van der Waals surface area contributed by atoms with E-state index in [-0.39, 0.29) is 16.8 Å². The van der Waals surface area contributed by atoms with E-state index < -0.39 is 0 Å². The van der Waals surface area contributed by atoms with E-state index >= 15 is 0 Å². The average molecular weight is 255 g/mol. The first-order chi connectivity index (χ1) is 8.20. The monoisotopic (exact) mass is 255 g/mol. The van der Waals surface area contributed by atoms with Gasteiger partial charge in [0.1, 0.15) is 0 Å². The summed E-state index contributed by atoms with van der Waals surface area (Å²) in [6.07, 6.45) is 1.92. The Morgan fingerprint density at radius 3 is 3.06 bits per heavy atom. The van der Waals surface area contributed by atoms with Gasteiger partial charge in [0.15, 0.2) is 0 Å². The number of thiazole rings is 1. The number of piperidine rings is 1. The third kappa shape index (κ3) is 2.95. The Balaban J connectivity index is 2.00. The first-order valence-corrected chi connectivity index (χ1v) is 6.77. The third-order valence-electron chi connectivity index (χ3n) is 2.91. The Morgan fingerprint density at radius 2 is 2.41 bits per heavy atom. The third-order valence-corrected chi connectivity index (χ3v) is 3.63. The topological polar surface area (TPSA) is 65.2 Å². The summed E-state index contributed by atoms with van der Waals surface area (Å²) in [7, 11) is 0. The number of H-pyrrole nitrogens is 1. The molecular formula is C11H17N3O2S. The summed E-state index contributed by atoms with van der Waals surface area (Å²) >= 11 is 1.14. The predicted octanol–water partition coefficient (Wildman–Crippen LogP) is 0.537. The van der Waals surface area contributed by atoms with Crippen LogP contribution in [0, 0.1) is 0 Å². The molecule has 6 heteroatoms. The maximum absolute atomic E-state index is 12.1. The smallest absolute Gasteiger partial charge is 0.304 e. The molecule has 17 heavy (non-hydrogen) atoms. The fraction of sp³-hybridized carbons (Fsp3) is 0.636. The van der Waals surface area contributed by atoms with Crippen molar-refractivity contribution in [1.29, 1.82) is 0 Å². The number of aromatic amines is 1. The number of rotatable bonds is 4. The van der Waals surface area contributed by atoms with E-state index in [0.717, 1.165) is 43.0 Å². The molecule has 0 aromatic carbocycles. The van der Waals surface area contributed by atoms with Crippen LogP contribution in [0.3, 0.4) is 0 Å². The minimum Gasteiger partial charge on any atom is -0.335 e.